The third-order valence-electron chi connectivity index (χ3n) is 2.72. The van der Waals surface area contributed by atoms with E-state index >= 15 is 0 Å². The Balaban J connectivity index is 2.51. The summed E-state index contributed by atoms with van der Waals surface area (Å²) in [6.07, 6.45) is 0.455. The maximum absolute atomic E-state index is 11.9. The molecule has 0 spiro atoms. The van der Waals surface area contributed by atoms with Gasteiger partial charge in [0.1, 0.15) is 5.75 Å². The lowest BCUT2D eigenvalue weighted by atomic mass is 10.1. The number of carbonyl (C=O) groups is 1. The lowest BCUT2D eigenvalue weighted by molar-refractivity contribution is -0.131. The van der Waals surface area contributed by atoms with Gasteiger partial charge in [-0.25, -0.2) is 0 Å². The molecule has 0 aliphatic rings. The fourth-order valence-corrected chi connectivity index (χ4v) is 1.59. The van der Waals surface area contributed by atoms with Crippen molar-refractivity contribution < 1.29 is 14.6 Å². The molecule has 1 atom stereocenters. The predicted octanol–water partition coefficient (Wildman–Crippen LogP) is 0.367. The van der Waals surface area contributed by atoms with E-state index in [-0.39, 0.29) is 11.7 Å². The summed E-state index contributed by atoms with van der Waals surface area (Å²) in [5.74, 6) is 0.0935. The van der Waals surface area contributed by atoms with E-state index in [1.807, 2.05) is 0 Å². The van der Waals surface area contributed by atoms with Crippen LogP contribution in [-0.2, 0) is 16.0 Å². The lowest BCUT2D eigenvalue weighted by Gasteiger charge is -2.21. The van der Waals surface area contributed by atoms with Crippen LogP contribution in [0.1, 0.15) is 5.56 Å². The highest BCUT2D eigenvalue weighted by Gasteiger charge is 2.18. The molecule has 0 saturated heterocycles. The number of hydrogen-bond acceptors (Lipinski definition) is 4. The minimum atomic E-state index is -0.573. The maximum atomic E-state index is 11.9. The van der Waals surface area contributed by atoms with Crippen molar-refractivity contribution in [2.24, 2.45) is 5.73 Å². The number of methoxy groups -OCH3 is 1. The summed E-state index contributed by atoms with van der Waals surface area (Å²) >= 11 is 0. The molecule has 5 nitrogen and oxygen atoms in total. The number of phenolic OH excluding ortho intramolecular Hbond substituents is 1. The number of hydrogen-bond donors (Lipinski definition) is 2. The number of likely N-dealkylation sites (N-methyl/N-ethyl adjacent to an activating group) is 1. The smallest absolute Gasteiger partial charge is 0.239 e. The first kappa shape index (κ1) is 14.5. The van der Waals surface area contributed by atoms with E-state index in [2.05, 4.69) is 0 Å². The molecule has 0 fully saturated rings. The van der Waals surface area contributed by atoms with E-state index in [1.54, 1.807) is 43.3 Å². The molecule has 5 heteroatoms. The minimum Gasteiger partial charge on any atom is -0.508 e. The SMILES string of the molecule is COCCN(C)C(=O)C(N)Cc1ccc(O)cc1. The summed E-state index contributed by atoms with van der Waals surface area (Å²) in [5.41, 5.74) is 6.79. The first-order valence-corrected chi connectivity index (χ1v) is 5.82. The van der Waals surface area contributed by atoms with Crippen molar-refractivity contribution in [3.05, 3.63) is 29.8 Å². The summed E-state index contributed by atoms with van der Waals surface area (Å²) in [4.78, 5) is 13.5. The number of nitrogens with two attached hydrogens (primary N) is 1. The van der Waals surface area contributed by atoms with Gasteiger partial charge < -0.3 is 20.5 Å². The van der Waals surface area contributed by atoms with Crippen LogP contribution in [0, 0.1) is 0 Å². The molecule has 1 aromatic carbocycles. The van der Waals surface area contributed by atoms with Crippen LogP contribution in [0.15, 0.2) is 24.3 Å². The van der Waals surface area contributed by atoms with Crippen LogP contribution in [0.3, 0.4) is 0 Å². The number of phenols is 1. The molecule has 0 saturated carbocycles. The number of benzene rings is 1. The summed E-state index contributed by atoms with van der Waals surface area (Å²) in [6, 6.07) is 6.12. The number of aromatic hydroxyl groups is 1. The highest BCUT2D eigenvalue weighted by atomic mass is 16.5. The van der Waals surface area contributed by atoms with Gasteiger partial charge in [-0.05, 0) is 24.1 Å². The zero-order valence-corrected chi connectivity index (χ0v) is 10.8. The molecule has 0 bridgehead atoms. The highest BCUT2D eigenvalue weighted by molar-refractivity contribution is 5.81. The number of rotatable bonds is 6. The summed E-state index contributed by atoms with van der Waals surface area (Å²) in [7, 11) is 3.30. The maximum Gasteiger partial charge on any atom is 0.239 e. The molecule has 1 unspecified atom stereocenters. The Labute approximate surface area is 107 Å². The Bertz CT molecular complexity index is 378. The molecule has 1 rings (SSSR count). The number of amides is 1. The van der Waals surface area contributed by atoms with Crippen LogP contribution in [0.2, 0.25) is 0 Å². The van der Waals surface area contributed by atoms with Gasteiger partial charge in [0.05, 0.1) is 12.6 Å². The van der Waals surface area contributed by atoms with Crippen LogP contribution in [0.4, 0.5) is 0 Å². The summed E-state index contributed by atoms with van der Waals surface area (Å²) in [5, 5.41) is 9.17. The van der Waals surface area contributed by atoms with Crippen molar-refractivity contribution in [1.82, 2.24) is 4.90 Å². The largest absolute Gasteiger partial charge is 0.508 e. The number of nitrogens with zero attached hydrogens (tertiary/aromatic N) is 1. The van der Waals surface area contributed by atoms with Crippen molar-refractivity contribution in [2.75, 3.05) is 27.3 Å². The first-order chi connectivity index (χ1) is 8.54. The topological polar surface area (TPSA) is 75.8 Å². The van der Waals surface area contributed by atoms with Crippen molar-refractivity contribution >= 4 is 5.91 Å². The average molecular weight is 252 g/mol. The Hall–Kier alpha value is -1.59. The van der Waals surface area contributed by atoms with Crippen LogP contribution in [-0.4, -0.2) is 49.3 Å². The Morgan fingerprint density at radius 3 is 2.61 bits per heavy atom. The molecule has 18 heavy (non-hydrogen) atoms. The molecular formula is C13H20N2O3. The monoisotopic (exact) mass is 252 g/mol. The van der Waals surface area contributed by atoms with Crippen molar-refractivity contribution in [3.63, 3.8) is 0 Å². The van der Waals surface area contributed by atoms with Gasteiger partial charge in [0.25, 0.3) is 0 Å². The molecule has 0 heterocycles. The van der Waals surface area contributed by atoms with Gasteiger partial charge in [0.2, 0.25) is 5.91 Å². The van der Waals surface area contributed by atoms with Crippen molar-refractivity contribution in [1.29, 1.82) is 0 Å². The van der Waals surface area contributed by atoms with E-state index in [0.717, 1.165) is 5.56 Å². The zero-order chi connectivity index (χ0) is 13.5. The zero-order valence-electron chi connectivity index (χ0n) is 10.8. The number of ether oxygens (including phenoxy) is 1. The normalized spacial score (nSPS) is 12.2. The molecule has 0 radical (unpaired) electrons. The molecule has 1 aromatic rings. The first-order valence-electron chi connectivity index (χ1n) is 5.82. The molecule has 3 N–H and O–H groups in total. The Morgan fingerprint density at radius 2 is 2.06 bits per heavy atom. The molecular weight excluding hydrogens is 232 g/mol. The lowest BCUT2D eigenvalue weighted by Crippen LogP contribution is -2.44. The van der Waals surface area contributed by atoms with Crippen molar-refractivity contribution in [3.8, 4) is 5.75 Å². The second kappa shape index (κ2) is 6.98. The molecule has 1 amide bonds. The van der Waals surface area contributed by atoms with Gasteiger partial charge in [0, 0.05) is 20.7 Å². The van der Waals surface area contributed by atoms with E-state index in [1.165, 1.54) is 0 Å². The van der Waals surface area contributed by atoms with Gasteiger partial charge in [-0.15, -0.1) is 0 Å². The van der Waals surface area contributed by atoms with E-state index in [4.69, 9.17) is 15.6 Å². The molecule has 0 aromatic heterocycles. The fraction of sp³-hybridized carbons (Fsp3) is 0.462. The third-order valence-corrected chi connectivity index (χ3v) is 2.72. The average Bonchev–Trinajstić information content (AvgIpc) is 2.37. The quantitative estimate of drug-likeness (QED) is 0.767. The van der Waals surface area contributed by atoms with Crippen LogP contribution in [0.5, 0.6) is 5.75 Å². The van der Waals surface area contributed by atoms with Gasteiger partial charge in [-0.1, -0.05) is 12.1 Å². The molecule has 100 valence electrons. The van der Waals surface area contributed by atoms with Crippen LogP contribution in [0.25, 0.3) is 0 Å². The van der Waals surface area contributed by atoms with Crippen LogP contribution >= 0.6 is 0 Å². The van der Waals surface area contributed by atoms with Crippen LogP contribution < -0.4 is 5.73 Å². The predicted molar refractivity (Wildman–Crippen MR) is 69.3 cm³/mol. The third kappa shape index (κ3) is 4.35. The highest BCUT2D eigenvalue weighted by Crippen LogP contribution is 2.11. The van der Waals surface area contributed by atoms with Gasteiger partial charge in [-0.3, -0.25) is 4.79 Å². The van der Waals surface area contributed by atoms with Gasteiger partial charge in [-0.2, -0.15) is 0 Å². The molecule has 0 aliphatic heterocycles. The van der Waals surface area contributed by atoms with Gasteiger partial charge >= 0.3 is 0 Å². The van der Waals surface area contributed by atoms with Crippen molar-refractivity contribution in [2.45, 2.75) is 12.5 Å². The Kier molecular flexibility index (Phi) is 5.61. The van der Waals surface area contributed by atoms with E-state index in [9.17, 15) is 4.79 Å². The second-order valence-electron chi connectivity index (χ2n) is 4.23. The summed E-state index contributed by atoms with van der Waals surface area (Å²) < 4.78 is 4.91. The molecule has 0 aliphatic carbocycles. The second-order valence-corrected chi connectivity index (χ2v) is 4.23. The number of carbonyl (C=O) groups excluding carboxylic acids is 1. The minimum absolute atomic E-state index is 0.111. The van der Waals surface area contributed by atoms with E-state index in [0.29, 0.717) is 19.6 Å². The Morgan fingerprint density at radius 1 is 1.44 bits per heavy atom. The fourth-order valence-electron chi connectivity index (χ4n) is 1.59. The standard InChI is InChI=1S/C13H20N2O3/c1-15(7-8-18-2)13(17)12(14)9-10-3-5-11(16)6-4-10/h3-6,12,16H,7-9,14H2,1-2H3. The summed E-state index contributed by atoms with van der Waals surface area (Å²) in [6.45, 7) is 1.02. The van der Waals surface area contributed by atoms with E-state index < -0.39 is 6.04 Å². The van der Waals surface area contributed by atoms with Gasteiger partial charge in [0.15, 0.2) is 0 Å².